The number of benzene rings is 1. The van der Waals surface area contributed by atoms with Crippen LogP contribution in [0.3, 0.4) is 0 Å². The molecule has 1 aromatic heterocycles. The van der Waals surface area contributed by atoms with Crippen LogP contribution in [0.25, 0.3) is 0 Å². The molecule has 2 heterocycles. The highest BCUT2D eigenvalue weighted by Crippen LogP contribution is 2.24. The van der Waals surface area contributed by atoms with Gasteiger partial charge in [-0.05, 0) is 59.5 Å². The number of halogens is 1. The van der Waals surface area contributed by atoms with Crippen LogP contribution in [0, 0.1) is 6.92 Å². The van der Waals surface area contributed by atoms with Crippen molar-refractivity contribution in [3.63, 3.8) is 0 Å². The maximum atomic E-state index is 12.4. The molecule has 0 radical (unpaired) electrons. The molecule has 1 aliphatic rings. The van der Waals surface area contributed by atoms with Crippen molar-refractivity contribution in [3.05, 3.63) is 52.6 Å². The normalized spacial score (nSPS) is 16.3. The lowest BCUT2D eigenvalue weighted by atomic mass is 10.1. The summed E-state index contributed by atoms with van der Waals surface area (Å²) in [6.45, 7) is 3.62. The van der Waals surface area contributed by atoms with Crippen LogP contribution in [-0.4, -0.2) is 32.5 Å². The van der Waals surface area contributed by atoms with E-state index in [-0.39, 0.29) is 6.04 Å². The number of hydrogen-bond acceptors (Lipinski definition) is 4. The third-order valence-electron chi connectivity index (χ3n) is 4.19. The number of rotatable bonds is 4. The summed E-state index contributed by atoms with van der Waals surface area (Å²) in [5.74, 6) is 0.975. The first-order valence-corrected chi connectivity index (χ1v) is 10.2. The molecule has 1 N–H and O–H groups in total. The molecule has 3 rings (SSSR count). The van der Waals surface area contributed by atoms with Gasteiger partial charge in [-0.1, -0.05) is 18.2 Å². The van der Waals surface area contributed by atoms with Crippen molar-refractivity contribution in [2.45, 2.75) is 30.7 Å². The van der Waals surface area contributed by atoms with Gasteiger partial charge in [0, 0.05) is 29.8 Å². The molecule has 2 aromatic rings. The zero-order valence-corrected chi connectivity index (χ0v) is 15.8. The van der Waals surface area contributed by atoms with E-state index in [0.717, 1.165) is 41.8 Å². The number of sulfonamides is 1. The summed E-state index contributed by atoms with van der Waals surface area (Å²) in [7, 11) is -3.45. The van der Waals surface area contributed by atoms with Crippen molar-refractivity contribution in [1.29, 1.82) is 0 Å². The Balaban J connectivity index is 1.63. The summed E-state index contributed by atoms with van der Waals surface area (Å²) in [4.78, 5) is 7.02. The van der Waals surface area contributed by atoms with Gasteiger partial charge in [0.1, 0.15) is 5.82 Å². The molecule has 0 amide bonds. The van der Waals surface area contributed by atoms with E-state index in [1.807, 2.05) is 19.1 Å². The molecule has 0 atom stereocenters. The van der Waals surface area contributed by atoms with Crippen LogP contribution in [0.2, 0.25) is 0 Å². The second-order valence-electron chi connectivity index (χ2n) is 5.99. The zero-order valence-electron chi connectivity index (χ0n) is 13.4. The summed E-state index contributed by atoms with van der Waals surface area (Å²) in [5.41, 5.74) is 1.12. The molecule has 7 heteroatoms. The minimum Gasteiger partial charge on any atom is -0.356 e. The molecule has 0 spiro atoms. The lowest BCUT2D eigenvalue weighted by Crippen LogP contribution is -2.45. The van der Waals surface area contributed by atoms with Crippen LogP contribution in [0.15, 0.2) is 52.0 Å². The molecule has 128 valence electrons. The molecule has 1 aromatic carbocycles. The van der Waals surface area contributed by atoms with Gasteiger partial charge in [-0.3, -0.25) is 0 Å². The fourth-order valence-electron chi connectivity index (χ4n) is 2.96. The standard InChI is InChI=1S/C17H20BrN3O2S/c1-13-11-14(18)12-19-17(13)21-9-7-15(8-10-21)20-24(22,23)16-5-3-2-4-6-16/h2-6,11-12,15,20H,7-10H2,1H3. The Bertz CT molecular complexity index is 804. The highest BCUT2D eigenvalue weighted by Gasteiger charge is 2.25. The Morgan fingerprint density at radius 2 is 1.88 bits per heavy atom. The smallest absolute Gasteiger partial charge is 0.240 e. The average molecular weight is 410 g/mol. The van der Waals surface area contributed by atoms with E-state index < -0.39 is 10.0 Å². The van der Waals surface area contributed by atoms with Gasteiger partial charge in [-0.15, -0.1) is 0 Å². The van der Waals surface area contributed by atoms with Crippen LogP contribution < -0.4 is 9.62 Å². The maximum absolute atomic E-state index is 12.4. The van der Waals surface area contributed by atoms with Crippen LogP contribution in [0.5, 0.6) is 0 Å². The van der Waals surface area contributed by atoms with E-state index >= 15 is 0 Å². The number of aryl methyl sites for hydroxylation is 1. The number of anilines is 1. The first kappa shape index (κ1) is 17.4. The SMILES string of the molecule is Cc1cc(Br)cnc1N1CCC(NS(=O)(=O)c2ccccc2)CC1. The number of aromatic nitrogens is 1. The molecule has 5 nitrogen and oxygen atoms in total. The van der Waals surface area contributed by atoms with Gasteiger partial charge in [0.05, 0.1) is 4.90 Å². The third kappa shape index (κ3) is 3.96. The molecule has 0 aliphatic carbocycles. The summed E-state index contributed by atoms with van der Waals surface area (Å²) < 4.78 is 28.6. The number of pyridine rings is 1. The Kier molecular flexibility index (Phi) is 5.22. The molecular formula is C17H20BrN3O2S. The number of piperidine rings is 1. The van der Waals surface area contributed by atoms with Crippen LogP contribution in [-0.2, 0) is 10.0 Å². The van der Waals surface area contributed by atoms with Gasteiger partial charge in [0.2, 0.25) is 10.0 Å². The summed E-state index contributed by atoms with van der Waals surface area (Å²) in [6.07, 6.45) is 3.33. The zero-order chi connectivity index (χ0) is 17.2. The Hall–Kier alpha value is -1.44. The van der Waals surface area contributed by atoms with Crippen molar-refractivity contribution in [1.82, 2.24) is 9.71 Å². The van der Waals surface area contributed by atoms with Crippen molar-refractivity contribution >= 4 is 31.8 Å². The van der Waals surface area contributed by atoms with Crippen molar-refractivity contribution in [3.8, 4) is 0 Å². The molecule has 0 bridgehead atoms. The highest BCUT2D eigenvalue weighted by atomic mass is 79.9. The molecule has 0 saturated carbocycles. The third-order valence-corrected chi connectivity index (χ3v) is 6.16. The average Bonchev–Trinajstić information content (AvgIpc) is 2.56. The fraction of sp³-hybridized carbons (Fsp3) is 0.353. The minimum atomic E-state index is -3.45. The molecule has 1 fully saturated rings. The Labute approximate surface area is 151 Å². The molecule has 1 saturated heterocycles. The van der Waals surface area contributed by atoms with E-state index in [9.17, 15) is 8.42 Å². The summed E-state index contributed by atoms with van der Waals surface area (Å²) in [5, 5.41) is 0. The summed E-state index contributed by atoms with van der Waals surface area (Å²) >= 11 is 3.43. The molecule has 1 aliphatic heterocycles. The molecule has 0 unspecified atom stereocenters. The monoisotopic (exact) mass is 409 g/mol. The van der Waals surface area contributed by atoms with Gasteiger partial charge in [-0.2, -0.15) is 0 Å². The molecular weight excluding hydrogens is 390 g/mol. The Morgan fingerprint density at radius 1 is 1.21 bits per heavy atom. The van der Waals surface area contributed by atoms with Gasteiger partial charge in [0.15, 0.2) is 0 Å². The van der Waals surface area contributed by atoms with Crippen LogP contribution >= 0.6 is 15.9 Å². The largest absolute Gasteiger partial charge is 0.356 e. The molecule has 24 heavy (non-hydrogen) atoms. The summed E-state index contributed by atoms with van der Waals surface area (Å²) in [6, 6.07) is 10.5. The second kappa shape index (κ2) is 7.21. The quantitative estimate of drug-likeness (QED) is 0.842. The first-order valence-electron chi connectivity index (χ1n) is 7.90. The van der Waals surface area contributed by atoms with Crippen molar-refractivity contribution in [2.75, 3.05) is 18.0 Å². The highest BCUT2D eigenvalue weighted by molar-refractivity contribution is 9.10. The fourth-order valence-corrected chi connectivity index (χ4v) is 4.73. The lowest BCUT2D eigenvalue weighted by molar-refractivity contribution is 0.458. The van der Waals surface area contributed by atoms with Crippen LogP contribution in [0.1, 0.15) is 18.4 Å². The lowest BCUT2D eigenvalue weighted by Gasteiger charge is -2.33. The van der Waals surface area contributed by atoms with Crippen molar-refractivity contribution < 1.29 is 8.42 Å². The number of nitrogens with zero attached hydrogens (tertiary/aromatic N) is 2. The predicted octanol–water partition coefficient (Wildman–Crippen LogP) is 3.10. The van der Waals surface area contributed by atoms with E-state index in [0.29, 0.717) is 4.90 Å². The first-order chi connectivity index (χ1) is 11.5. The van der Waals surface area contributed by atoms with E-state index in [1.165, 1.54) is 0 Å². The van der Waals surface area contributed by atoms with E-state index in [1.54, 1.807) is 30.5 Å². The van der Waals surface area contributed by atoms with Crippen LogP contribution in [0.4, 0.5) is 5.82 Å². The minimum absolute atomic E-state index is 0.0396. The Morgan fingerprint density at radius 3 is 2.50 bits per heavy atom. The van der Waals surface area contributed by atoms with Gasteiger partial charge in [0.25, 0.3) is 0 Å². The second-order valence-corrected chi connectivity index (χ2v) is 8.62. The predicted molar refractivity (Wildman–Crippen MR) is 98.7 cm³/mol. The maximum Gasteiger partial charge on any atom is 0.240 e. The number of nitrogens with one attached hydrogen (secondary N) is 1. The topological polar surface area (TPSA) is 62.3 Å². The van der Waals surface area contributed by atoms with Gasteiger partial charge < -0.3 is 4.90 Å². The van der Waals surface area contributed by atoms with Gasteiger partial charge >= 0.3 is 0 Å². The van der Waals surface area contributed by atoms with E-state index in [2.05, 4.69) is 30.5 Å². The van der Waals surface area contributed by atoms with Gasteiger partial charge in [-0.25, -0.2) is 18.1 Å². The van der Waals surface area contributed by atoms with E-state index in [4.69, 9.17) is 0 Å². The number of hydrogen-bond donors (Lipinski definition) is 1. The van der Waals surface area contributed by atoms with Crippen molar-refractivity contribution in [2.24, 2.45) is 0 Å².